The fraction of sp³-hybridized carbons (Fsp3) is 0.240. The monoisotopic (exact) mass is 533 g/mol. The Bertz CT molecular complexity index is 996. The molecule has 0 fully saturated rings. The van der Waals surface area contributed by atoms with Gasteiger partial charge >= 0.3 is 26.2 Å². The van der Waals surface area contributed by atoms with E-state index in [9.17, 15) is 0 Å². The molecule has 155 valence electrons. The van der Waals surface area contributed by atoms with Gasteiger partial charge in [0.1, 0.15) is 0 Å². The molecule has 2 heterocycles. The maximum atomic E-state index is 5.84. The van der Waals surface area contributed by atoms with E-state index in [1.807, 2.05) is 11.8 Å². The van der Waals surface area contributed by atoms with E-state index in [2.05, 4.69) is 86.7 Å². The number of benzene rings is 1. The van der Waals surface area contributed by atoms with Crippen molar-refractivity contribution in [1.29, 1.82) is 0 Å². The summed E-state index contributed by atoms with van der Waals surface area (Å²) in [4.78, 5) is 3.04. The second-order valence-corrected chi connectivity index (χ2v) is 8.16. The number of allylic oxidation sites excluding steroid dienone is 6. The van der Waals surface area contributed by atoms with Crippen molar-refractivity contribution in [3.8, 4) is 11.3 Å². The van der Waals surface area contributed by atoms with Crippen LogP contribution in [0.25, 0.3) is 22.1 Å². The molecule has 1 aromatic heterocycles. The van der Waals surface area contributed by atoms with Gasteiger partial charge in [-0.05, 0) is 29.9 Å². The second kappa shape index (κ2) is 12.9. The van der Waals surface area contributed by atoms with Crippen molar-refractivity contribution in [2.45, 2.75) is 33.1 Å². The van der Waals surface area contributed by atoms with E-state index in [1.165, 1.54) is 32.6 Å². The topological polar surface area (TPSA) is 13.1 Å². The molecule has 5 rings (SSSR count). The summed E-state index contributed by atoms with van der Waals surface area (Å²) in [7, 11) is 0. The van der Waals surface area contributed by atoms with Gasteiger partial charge in [0.25, 0.3) is 0 Å². The molecule has 2 aromatic carbocycles. The Kier molecular flexibility index (Phi) is 11.7. The zero-order valence-corrected chi connectivity index (χ0v) is 22.0. The summed E-state index contributed by atoms with van der Waals surface area (Å²) in [6, 6.07) is 16.9. The summed E-state index contributed by atoms with van der Waals surface area (Å²) < 4.78 is 5.84. The molecule has 0 spiro atoms. The minimum atomic E-state index is 0. The molecule has 1 nitrogen and oxygen atoms in total. The summed E-state index contributed by atoms with van der Waals surface area (Å²) in [6.07, 6.45) is 12.3. The molecule has 1 radical (unpaired) electrons. The van der Waals surface area contributed by atoms with Crippen LogP contribution in [0.15, 0.2) is 87.1 Å². The summed E-state index contributed by atoms with van der Waals surface area (Å²) in [6.45, 7) is 4.38. The predicted octanol–water partition coefficient (Wildman–Crippen LogP) is 1.87. The van der Waals surface area contributed by atoms with Crippen LogP contribution in [0.3, 0.4) is 0 Å². The first kappa shape index (κ1) is 27.2. The first-order valence-electron chi connectivity index (χ1n) is 9.78. The first-order chi connectivity index (χ1) is 13.3. The smallest absolute Gasteiger partial charge is 1.00 e. The molecular weight excluding hydrogens is 510 g/mol. The third-order valence-electron chi connectivity index (χ3n) is 4.93. The first-order valence-corrected chi connectivity index (χ1v) is 10.6. The molecule has 30 heavy (non-hydrogen) atoms. The van der Waals surface area contributed by atoms with Crippen LogP contribution in [0.4, 0.5) is 0 Å². The molecular formula is C25H25Cl2OSZr. The summed E-state index contributed by atoms with van der Waals surface area (Å²) in [5, 5.41) is 2.55. The molecule has 1 atom stereocenters. The normalized spacial score (nSPS) is 15.7. The Hall–Kier alpha value is -0.857. The molecule has 1 aliphatic heterocycles. The van der Waals surface area contributed by atoms with E-state index in [0.717, 1.165) is 24.4 Å². The van der Waals surface area contributed by atoms with E-state index >= 15 is 0 Å². The minimum Gasteiger partial charge on any atom is -1.00 e. The van der Waals surface area contributed by atoms with Crippen LogP contribution in [-0.4, -0.2) is 0 Å². The Balaban J connectivity index is 0.000000302. The fourth-order valence-corrected chi connectivity index (χ4v) is 4.59. The zero-order chi connectivity index (χ0) is 18.6. The van der Waals surface area contributed by atoms with Gasteiger partial charge in [-0.2, -0.15) is 0 Å². The largest absolute Gasteiger partial charge is 3.00 e. The number of thioether (sulfide) groups is 1. The van der Waals surface area contributed by atoms with Crippen LogP contribution in [0, 0.1) is 5.92 Å². The van der Waals surface area contributed by atoms with Crippen molar-refractivity contribution >= 4 is 22.5 Å². The third kappa shape index (κ3) is 6.33. The number of hydrogen-bond donors (Lipinski definition) is 0. The molecule has 0 amide bonds. The average Bonchev–Trinajstić information content (AvgIpc) is 3.44. The van der Waals surface area contributed by atoms with Crippen LogP contribution >= 0.6 is 11.8 Å². The van der Waals surface area contributed by atoms with Crippen molar-refractivity contribution in [2.75, 3.05) is 0 Å². The molecule has 0 bridgehead atoms. The zero-order valence-electron chi connectivity index (χ0n) is 17.2. The maximum absolute atomic E-state index is 5.84. The number of furan rings is 1. The van der Waals surface area contributed by atoms with E-state index in [0.29, 0.717) is 5.92 Å². The summed E-state index contributed by atoms with van der Waals surface area (Å²) in [5.74, 6) is 2.69. The molecule has 3 aromatic rings. The number of rotatable bonds is 4. The van der Waals surface area contributed by atoms with Crippen molar-refractivity contribution in [3.05, 3.63) is 88.4 Å². The Morgan fingerprint density at radius 1 is 1.07 bits per heavy atom. The van der Waals surface area contributed by atoms with Crippen LogP contribution in [0.5, 0.6) is 0 Å². The number of fused-ring (bicyclic) bond motifs is 2. The van der Waals surface area contributed by atoms with Gasteiger partial charge in [-0.25, -0.2) is 0 Å². The Labute approximate surface area is 215 Å². The van der Waals surface area contributed by atoms with Crippen molar-refractivity contribution in [3.63, 3.8) is 0 Å². The van der Waals surface area contributed by atoms with Gasteiger partial charge in [-0.1, -0.05) is 73.7 Å². The molecule has 1 aliphatic carbocycles. The molecule has 2 aliphatic rings. The van der Waals surface area contributed by atoms with Crippen molar-refractivity contribution in [2.24, 2.45) is 5.92 Å². The van der Waals surface area contributed by atoms with Crippen LogP contribution in [-0.2, 0) is 32.6 Å². The predicted molar refractivity (Wildman–Crippen MR) is 118 cm³/mol. The maximum Gasteiger partial charge on any atom is 3.00 e. The van der Waals surface area contributed by atoms with Gasteiger partial charge in [-0.3, -0.25) is 0 Å². The Morgan fingerprint density at radius 2 is 1.87 bits per heavy atom. The minimum absolute atomic E-state index is 0. The summed E-state index contributed by atoms with van der Waals surface area (Å²) in [5.41, 5.74) is 1.17. The van der Waals surface area contributed by atoms with E-state index < -0.39 is 0 Å². The van der Waals surface area contributed by atoms with E-state index in [-0.39, 0.29) is 51.0 Å². The van der Waals surface area contributed by atoms with Gasteiger partial charge in [0.05, 0.1) is 11.5 Å². The molecule has 5 heteroatoms. The molecule has 0 N–H and O–H groups in total. The van der Waals surface area contributed by atoms with Crippen LogP contribution in [0.1, 0.15) is 32.4 Å². The molecule has 1 unspecified atom stereocenters. The van der Waals surface area contributed by atoms with Crippen LogP contribution < -0.4 is 24.8 Å². The third-order valence-corrected chi connectivity index (χ3v) is 6.26. The second-order valence-electron chi connectivity index (χ2n) is 6.96. The molecule has 0 saturated heterocycles. The number of halogens is 2. The Morgan fingerprint density at radius 3 is 2.57 bits per heavy atom. The van der Waals surface area contributed by atoms with Crippen molar-refractivity contribution < 1.29 is 55.4 Å². The number of aryl methyl sites for hydroxylation is 1. The average molecular weight is 536 g/mol. The van der Waals surface area contributed by atoms with Crippen LogP contribution in [0.2, 0.25) is 0 Å². The van der Waals surface area contributed by atoms with Gasteiger partial charge in [0, 0.05) is 17.2 Å². The van der Waals surface area contributed by atoms with Gasteiger partial charge in [0.2, 0.25) is 0 Å². The van der Waals surface area contributed by atoms with Gasteiger partial charge in [-0.15, -0.1) is 29.0 Å². The fourth-order valence-electron chi connectivity index (χ4n) is 3.50. The number of hydrogen-bond acceptors (Lipinski definition) is 2. The summed E-state index contributed by atoms with van der Waals surface area (Å²) >= 11 is 1.94. The SMILES string of the molecule is CCC1=CC2C=CC=C2S1.CCCc1ccc(-c2cc3ccccc3[cH-]2)o1.[Cl-].[Cl-].[Zr+3]. The van der Waals surface area contributed by atoms with Crippen molar-refractivity contribution in [1.82, 2.24) is 0 Å². The quantitative estimate of drug-likeness (QED) is 0.474. The standard InChI is InChI=1S/C16H15O.C9H10S.2ClH.Zr/c1-2-5-15-8-9-16(17-15)14-10-12-6-3-4-7-13(12)11-14;1-2-8-6-7-4-3-5-9(7)10-8;;;/h3-4,6-11H,2,5H2,1H3;3-7H,2H2,1H3;2*1H;/q-1;;;;+3/p-2. The van der Waals surface area contributed by atoms with E-state index in [1.54, 1.807) is 0 Å². The molecule has 0 saturated carbocycles. The van der Waals surface area contributed by atoms with E-state index in [4.69, 9.17) is 4.42 Å². The van der Waals surface area contributed by atoms with Gasteiger partial charge < -0.3 is 29.2 Å². The van der Waals surface area contributed by atoms with Gasteiger partial charge in [0.15, 0.2) is 0 Å².